The third kappa shape index (κ3) is 32.0. The Morgan fingerprint density at radius 1 is 0.430 bits per heavy atom. The molecule has 0 saturated carbocycles. The zero-order chi connectivity index (χ0) is 66.0. The molecular weight excluding hydrogens is 1140 g/mol. The van der Waals surface area contributed by atoms with Crippen LogP contribution < -0.4 is 88.0 Å². The Morgan fingerprint density at radius 3 is 1.16 bits per heavy atom. The molecule has 35 nitrogen and oxygen atoms in total. The molecule has 0 aliphatic heterocycles. The highest BCUT2D eigenvalue weighted by molar-refractivity contribution is 6.00. The fraction of sp³-hybridized carbons (Fsp3) is 0.706. The van der Waals surface area contributed by atoms with E-state index in [0.29, 0.717) is 6.42 Å². The van der Waals surface area contributed by atoms with Gasteiger partial charge in [-0.15, -0.1) is 0 Å². The van der Waals surface area contributed by atoms with E-state index in [1.807, 2.05) is 0 Å². The number of aliphatic carboxylic acids is 3. The first-order valence-corrected chi connectivity index (χ1v) is 28.0. The first kappa shape index (κ1) is 77.5. The van der Waals surface area contributed by atoms with Gasteiger partial charge in [-0.25, -0.2) is 4.79 Å². The van der Waals surface area contributed by atoms with Gasteiger partial charge in [0.2, 0.25) is 59.1 Å². The average molecular weight is 1230 g/mol. The van der Waals surface area contributed by atoms with Crippen LogP contribution in [0.15, 0.2) is 9.98 Å². The summed E-state index contributed by atoms with van der Waals surface area (Å²) in [5, 5.41) is 61.0. The lowest BCUT2D eigenvalue weighted by Crippen LogP contribution is -2.62. The minimum absolute atomic E-state index is 0.00967. The van der Waals surface area contributed by atoms with E-state index >= 15 is 0 Å². The molecule has 0 aromatic heterocycles. The van der Waals surface area contributed by atoms with Crippen molar-refractivity contribution in [2.75, 3.05) is 26.2 Å². The van der Waals surface area contributed by atoms with Crippen LogP contribution in [-0.4, -0.2) is 196 Å². The van der Waals surface area contributed by atoms with E-state index in [9.17, 15) is 82.8 Å². The molecule has 86 heavy (non-hydrogen) atoms. The Hall–Kier alpha value is -8.47. The topological polar surface area (TPSA) is 618 Å². The van der Waals surface area contributed by atoms with Crippen LogP contribution in [0, 0.1) is 17.8 Å². The van der Waals surface area contributed by atoms with Gasteiger partial charge in [0.25, 0.3) is 0 Å². The zero-order valence-corrected chi connectivity index (χ0v) is 49.6. The van der Waals surface area contributed by atoms with Crippen molar-refractivity contribution in [1.82, 2.24) is 47.9 Å². The summed E-state index contributed by atoms with van der Waals surface area (Å²) in [4.78, 5) is 179. The van der Waals surface area contributed by atoms with Crippen LogP contribution in [-0.2, 0) is 62.3 Å². The number of nitrogens with two attached hydrogens (primary N) is 7. The number of rotatable bonds is 44. The summed E-state index contributed by atoms with van der Waals surface area (Å²) in [6.07, 6.45) is -2.45. The number of hydrogen-bond donors (Lipinski definition) is 20. The van der Waals surface area contributed by atoms with Crippen molar-refractivity contribution in [3.63, 3.8) is 0 Å². The number of nitrogens with one attached hydrogen (secondary N) is 9. The van der Waals surface area contributed by atoms with Gasteiger partial charge in [0.1, 0.15) is 54.4 Å². The molecule has 0 aromatic rings. The summed E-state index contributed by atoms with van der Waals surface area (Å²) >= 11 is 0. The second kappa shape index (κ2) is 40.7. The Bertz CT molecular complexity index is 2370. The summed E-state index contributed by atoms with van der Waals surface area (Å²) in [6.45, 7) is 8.96. The number of primary amides is 1. The van der Waals surface area contributed by atoms with Gasteiger partial charge in [0, 0.05) is 13.1 Å². The molecule has 0 bridgehead atoms. The standard InChI is InChI=1S/C51H92N18O17/c1-7-26(6)39(69-47(83)35(23-70)68-42(78)28(12-8-9-15-52)61-43(79)31(18-24(2)3)65-45(81)33(21-37(72)73)64-40(76)27(53)20-36(54)71)48(84)62-29(13-10-16-59-50(55)56)41(77)67-34(22-38(74)75)46(82)66-32(19-25(4)5)44(80)63-30(49(85)86)14-11-17-60-51(57)58/h24-35,39,70H,7-23,52-53H2,1-6H3,(H2,54,71)(H,61,79)(H,62,84)(H,63,80)(H,64,76)(H,65,81)(H,66,82)(H,67,77)(H,68,78)(H,69,83)(H,72,73)(H,74,75)(H,85,86)(H4,55,56,59)(H4,57,58,60)/t26-,27-,28-,29-,30-,31-,32-,33-,34-,35-,39-/m0/s1. The number of carboxylic acids is 3. The highest BCUT2D eigenvalue weighted by atomic mass is 16.4. The van der Waals surface area contributed by atoms with Crippen LogP contribution in [0.3, 0.4) is 0 Å². The molecule has 488 valence electrons. The van der Waals surface area contributed by atoms with E-state index in [1.54, 1.807) is 41.5 Å². The van der Waals surface area contributed by atoms with Crippen molar-refractivity contribution in [1.29, 1.82) is 0 Å². The van der Waals surface area contributed by atoms with Crippen molar-refractivity contribution < 1.29 is 82.8 Å². The Balaban J connectivity index is 6.88. The minimum atomic E-state index is -1.91. The normalized spacial score (nSPS) is 14.9. The van der Waals surface area contributed by atoms with Crippen LogP contribution in [0.4, 0.5) is 0 Å². The number of aliphatic hydroxyl groups excluding tert-OH is 1. The first-order chi connectivity index (χ1) is 40.2. The van der Waals surface area contributed by atoms with Gasteiger partial charge in [-0.1, -0.05) is 48.0 Å². The maximum atomic E-state index is 14.3. The van der Waals surface area contributed by atoms with Crippen molar-refractivity contribution >= 4 is 88.9 Å². The summed E-state index contributed by atoms with van der Waals surface area (Å²) in [5.41, 5.74) is 38.1. The molecule has 0 rings (SSSR count). The fourth-order valence-corrected chi connectivity index (χ4v) is 8.10. The van der Waals surface area contributed by atoms with E-state index < -0.39 is 169 Å². The number of nitrogens with zero attached hydrogens (tertiary/aromatic N) is 2. The van der Waals surface area contributed by atoms with Gasteiger partial charge in [-0.3, -0.25) is 67.5 Å². The SMILES string of the molecule is CC[C@H](C)[C@H](NC(=O)[C@H](CO)NC(=O)[C@H](CCCCN)NC(=O)[C@H](CC(C)C)NC(=O)[C@H](CC(=O)O)NC(=O)[C@@H](N)CC(N)=O)C(=O)N[C@@H](CCCN=C(N)N)C(=O)N[C@@H](CC(=O)O)C(=O)N[C@@H](CC(C)C)C(=O)N[C@@H](CCCN=C(N)N)C(=O)O. The largest absolute Gasteiger partial charge is 0.481 e. The maximum Gasteiger partial charge on any atom is 0.326 e. The van der Waals surface area contributed by atoms with Crippen molar-refractivity contribution in [2.45, 2.75) is 185 Å². The highest BCUT2D eigenvalue weighted by Crippen LogP contribution is 2.14. The fourth-order valence-electron chi connectivity index (χ4n) is 8.10. The Morgan fingerprint density at radius 2 is 0.779 bits per heavy atom. The molecule has 0 heterocycles. The van der Waals surface area contributed by atoms with Crippen molar-refractivity contribution in [3.05, 3.63) is 0 Å². The molecule has 0 saturated heterocycles. The lowest BCUT2D eigenvalue weighted by molar-refractivity contribution is -0.143. The molecule has 27 N–H and O–H groups in total. The van der Waals surface area contributed by atoms with Crippen molar-refractivity contribution in [3.8, 4) is 0 Å². The lowest BCUT2D eigenvalue weighted by atomic mass is 9.97. The highest BCUT2D eigenvalue weighted by Gasteiger charge is 2.37. The van der Waals surface area contributed by atoms with Gasteiger partial charge < -0.3 is 108 Å². The maximum absolute atomic E-state index is 14.3. The predicted octanol–water partition coefficient (Wildman–Crippen LogP) is -7.05. The van der Waals surface area contributed by atoms with Gasteiger partial charge >= 0.3 is 17.9 Å². The van der Waals surface area contributed by atoms with Gasteiger partial charge in [0.05, 0.1) is 31.9 Å². The predicted molar refractivity (Wildman–Crippen MR) is 309 cm³/mol. The van der Waals surface area contributed by atoms with Gasteiger partial charge in [-0.2, -0.15) is 0 Å². The molecule has 0 aliphatic carbocycles. The van der Waals surface area contributed by atoms with Gasteiger partial charge in [-0.05, 0) is 82.1 Å². The van der Waals surface area contributed by atoms with Crippen LogP contribution in [0.25, 0.3) is 0 Å². The van der Waals surface area contributed by atoms with Crippen LogP contribution >= 0.6 is 0 Å². The number of amides is 10. The Kier molecular flexibility index (Phi) is 36.7. The molecule has 0 radical (unpaired) electrons. The van der Waals surface area contributed by atoms with Gasteiger partial charge in [0.15, 0.2) is 11.9 Å². The number of hydrogen-bond acceptors (Lipinski definition) is 18. The quantitative estimate of drug-likeness (QED) is 0.0153. The Labute approximate surface area is 497 Å². The second-order valence-corrected chi connectivity index (χ2v) is 21.3. The van der Waals surface area contributed by atoms with E-state index in [2.05, 4.69) is 57.8 Å². The number of carboxylic acid groups (broad SMARTS) is 3. The molecule has 0 fully saturated rings. The molecule has 0 aliphatic rings. The molecule has 10 amide bonds. The van der Waals surface area contributed by atoms with Crippen LogP contribution in [0.5, 0.6) is 0 Å². The van der Waals surface area contributed by atoms with E-state index in [0.717, 1.165) is 0 Å². The second-order valence-electron chi connectivity index (χ2n) is 21.3. The average Bonchev–Trinajstić information content (AvgIpc) is 3.57. The molecule has 0 spiro atoms. The number of aliphatic hydroxyl groups is 1. The van der Waals surface area contributed by atoms with Crippen LogP contribution in [0.2, 0.25) is 0 Å². The third-order valence-corrected chi connectivity index (χ3v) is 12.8. The number of carbonyl (C=O) groups excluding carboxylic acids is 10. The number of aliphatic imine (C=N–C) groups is 2. The van der Waals surface area contributed by atoms with E-state index in [-0.39, 0.29) is 101 Å². The molecule has 35 heteroatoms. The van der Waals surface area contributed by atoms with E-state index in [1.165, 1.54) is 0 Å². The lowest BCUT2D eigenvalue weighted by Gasteiger charge is -2.29. The monoisotopic (exact) mass is 1230 g/mol. The molecular formula is C51H92N18O17. The van der Waals surface area contributed by atoms with Crippen molar-refractivity contribution in [2.24, 2.45) is 67.9 Å². The first-order valence-electron chi connectivity index (χ1n) is 28.0. The molecule has 11 atom stereocenters. The van der Waals surface area contributed by atoms with Crippen LogP contribution in [0.1, 0.15) is 125 Å². The third-order valence-electron chi connectivity index (χ3n) is 12.8. The smallest absolute Gasteiger partial charge is 0.326 e. The number of carbonyl (C=O) groups is 13. The summed E-state index contributed by atoms with van der Waals surface area (Å²) < 4.78 is 0. The molecule has 0 aromatic carbocycles. The zero-order valence-electron chi connectivity index (χ0n) is 49.6. The summed E-state index contributed by atoms with van der Waals surface area (Å²) in [5.74, 6) is -17.0. The van der Waals surface area contributed by atoms with E-state index in [4.69, 9.17) is 40.1 Å². The summed E-state index contributed by atoms with van der Waals surface area (Å²) in [7, 11) is 0. The number of guanidine groups is 2. The number of unbranched alkanes of at least 4 members (excludes halogenated alkanes) is 1. The summed E-state index contributed by atoms with van der Waals surface area (Å²) in [6, 6.07) is -16.1. The molecule has 0 unspecified atom stereocenters. The minimum Gasteiger partial charge on any atom is -0.481 e.